The summed E-state index contributed by atoms with van der Waals surface area (Å²) >= 11 is 16.4. The van der Waals surface area contributed by atoms with Crippen molar-refractivity contribution in [3.8, 4) is 0 Å². The minimum atomic E-state index is 0.317. The summed E-state index contributed by atoms with van der Waals surface area (Å²) in [4.78, 5) is 5.62. The van der Waals surface area contributed by atoms with Crippen LogP contribution in [0.4, 0.5) is 5.69 Å². The van der Waals surface area contributed by atoms with E-state index >= 15 is 0 Å². The zero-order valence-corrected chi connectivity index (χ0v) is 15.3. The Hall–Kier alpha value is -0.0400. The van der Waals surface area contributed by atoms with E-state index in [1.54, 1.807) is 0 Å². The second-order valence-electron chi connectivity index (χ2n) is 4.95. The van der Waals surface area contributed by atoms with Crippen molar-refractivity contribution in [1.82, 2.24) is 4.98 Å². The van der Waals surface area contributed by atoms with Gasteiger partial charge in [0.2, 0.25) is 0 Å². The molecule has 0 saturated carbocycles. The third kappa shape index (κ3) is 2.93. The third-order valence-corrected chi connectivity index (χ3v) is 5.98. The fraction of sp³-hybridized carbons (Fsp3) is 0.357. The highest BCUT2D eigenvalue weighted by Gasteiger charge is 2.24. The molecule has 1 atom stereocenters. The smallest absolute Gasteiger partial charge is 0.154 e. The van der Waals surface area contributed by atoms with Gasteiger partial charge in [-0.3, -0.25) is 0 Å². The number of aryl methyl sites for hydroxylation is 2. The lowest BCUT2D eigenvalue weighted by atomic mass is 9.94. The number of hydrogen-bond donors (Lipinski definition) is 1. The van der Waals surface area contributed by atoms with Crippen LogP contribution in [0.15, 0.2) is 12.1 Å². The van der Waals surface area contributed by atoms with Crippen molar-refractivity contribution in [2.75, 3.05) is 5.32 Å². The van der Waals surface area contributed by atoms with Gasteiger partial charge in [0.05, 0.1) is 14.6 Å². The number of halogens is 3. The second-order valence-corrected chi connectivity index (χ2v) is 8.72. The largest absolute Gasteiger partial charge is 0.375 e. The first-order valence-corrected chi connectivity index (χ1v) is 9.07. The molecule has 2 heterocycles. The zero-order valence-electron chi connectivity index (χ0n) is 10.8. The molecule has 3 rings (SSSR count). The molecule has 0 bridgehead atoms. The molecule has 2 aromatic heterocycles. The SMILES string of the molecule is Cc1cc(Cl)nc(Cl)c1NC1CCCc2sc(I)cc21. The topological polar surface area (TPSA) is 24.9 Å². The summed E-state index contributed by atoms with van der Waals surface area (Å²) in [7, 11) is 0. The maximum Gasteiger partial charge on any atom is 0.154 e. The average molecular weight is 439 g/mol. The highest BCUT2D eigenvalue weighted by molar-refractivity contribution is 14.1. The Morgan fingerprint density at radius 3 is 2.95 bits per heavy atom. The fourth-order valence-electron chi connectivity index (χ4n) is 2.61. The number of aromatic nitrogens is 1. The molecular weight excluding hydrogens is 426 g/mol. The summed E-state index contributed by atoms with van der Waals surface area (Å²) in [6, 6.07) is 4.44. The van der Waals surface area contributed by atoms with E-state index in [1.165, 1.54) is 26.2 Å². The number of hydrogen-bond acceptors (Lipinski definition) is 3. The molecule has 1 N–H and O–H groups in total. The molecular formula is C14H13Cl2IN2S. The molecule has 0 aliphatic heterocycles. The van der Waals surface area contributed by atoms with Gasteiger partial charge in [0, 0.05) is 4.88 Å². The molecule has 6 heteroatoms. The van der Waals surface area contributed by atoms with Gasteiger partial charge < -0.3 is 5.32 Å². The van der Waals surface area contributed by atoms with Gasteiger partial charge >= 0.3 is 0 Å². The maximum absolute atomic E-state index is 6.23. The van der Waals surface area contributed by atoms with Gasteiger partial charge in [-0.05, 0) is 72.0 Å². The Morgan fingerprint density at radius 2 is 2.20 bits per heavy atom. The van der Waals surface area contributed by atoms with E-state index in [0.717, 1.165) is 17.7 Å². The first-order chi connectivity index (χ1) is 9.54. The lowest BCUT2D eigenvalue weighted by molar-refractivity contribution is 0.608. The number of nitrogens with zero attached hydrogens (tertiary/aromatic N) is 1. The van der Waals surface area contributed by atoms with Gasteiger partial charge in [-0.15, -0.1) is 11.3 Å². The Balaban J connectivity index is 1.93. The number of pyridine rings is 1. The van der Waals surface area contributed by atoms with Crippen LogP contribution in [0.1, 0.15) is 34.9 Å². The third-order valence-electron chi connectivity index (χ3n) is 3.54. The predicted molar refractivity (Wildman–Crippen MR) is 95.3 cm³/mol. The number of rotatable bonds is 2. The summed E-state index contributed by atoms with van der Waals surface area (Å²) in [5.41, 5.74) is 3.35. The van der Waals surface area contributed by atoms with E-state index in [4.69, 9.17) is 23.2 Å². The Bertz CT molecular complexity index is 634. The van der Waals surface area contributed by atoms with Crippen molar-refractivity contribution in [3.63, 3.8) is 0 Å². The van der Waals surface area contributed by atoms with E-state index in [0.29, 0.717) is 16.3 Å². The standard InChI is InChI=1S/C14H13Cl2IN2S/c1-7-5-11(15)19-14(16)13(7)18-9-3-2-4-10-8(9)6-12(17)20-10/h5-6,9,18H,2-4H2,1H3. The monoisotopic (exact) mass is 438 g/mol. The highest BCUT2D eigenvalue weighted by atomic mass is 127. The van der Waals surface area contributed by atoms with Crippen LogP contribution in [0, 0.1) is 9.81 Å². The average Bonchev–Trinajstić information content (AvgIpc) is 2.74. The van der Waals surface area contributed by atoms with E-state index in [2.05, 4.69) is 39.0 Å². The van der Waals surface area contributed by atoms with Crippen molar-refractivity contribution in [2.24, 2.45) is 0 Å². The lowest BCUT2D eigenvalue weighted by Gasteiger charge is -2.25. The van der Waals surface area contributed by atoms with Gasteiger partial charge in [0.1, 0.15) is 5.15 Å². The fourth-order valence-corrected chi connectivity index (χ4v) is 5.32. The molecule has 0 amide bonds. The van der Waals surface area contributed by atoms with Crippen LogP contribution in [-0.2, 0) is 6.42 Å². The summed E-state index contributed by atoms with van der Waals surface area (Å²) < 4.78 is 1.35. The van der Waals surface area contributed by atoms with Gasteiger partial charge in [0.15, 0.2) is 5.15 Å². The van der Waals surface area contributed by atoms with E-state index in [-0.39, 0.29) is 0 Å². The van der Waals surface area contributed by atoms with Crippen molar-refractivity contribution < 1.29 is 0 Å². The molecule has 0 aromatic carbocycles. The molecule has 106 valence electrons. The predicted octanol–water partition coefficient (Wildman–Crippen LogP) is 5.85. The highest BCUT2D eigenvalue weighted by Crippen LogP contribution is 2.39. The maximum atomic E-state index is 6.23. The van der Waals surface area contributed by atoms with E-state index < -0.39 is 0 Å². The summed E-state index contributed by atoms with van der Waals surface area (Å²) in [5.74, 6) is 0. The van der Waals surface area contributed by atoms with Crippen molar-refractivity contribution in [3.05, 3.63) is 41.3 Å². The first-order valence-electron chi connectivity index (χ1n) is 6.42. The summed E-state index contributed by atoms with van der Waals surface area (Å²) in [6.45, 7) is 2.00. The van der Waals surface area contributed by atoms with Crippen LogP contribution >= 0.6 is 57.1 Å². The molecule has 0 fully saturated rings. The molecule has 1 aliphatic rings. The van der Waals surface area contributed by atoms with E-state index in [9.17, 15) is 0 Å². The van der Waals surface area contributed by atoms with E-state index in [1.807, 2.05) is 24.3 Å². The van der Waals surface area contributed by atoms with Crippen molar-refractivity contribution in [2.45, 2.75) is 32.2 Å². The summed E-state index contributed by atoms with van der Waals surface area (Å²) in [5, 5.41) is 4.45. The van der Waals surface area contributed by atoms with Gasteiger partial charge in [-0.1, -0.05) is 23.2 Å². The Kier molecular flexibility index (Phi) is 4.45. The van der Waals surface area contributed by atoms with Crippen LogP contribution < -0.4 is 5.32 Å². The Morgan fingerprint density at radius 1 is 1.40 bits per heavy atom. The van der Waals surface area contributed by atoms with Crippen LogP contribution in [0.2, 0.25) is 10.3 Å². The summed E-state index contributed by atoms with van der Waals surface area (Å²) in [6.07, 6.45) is 3.52. The first kappa shape index (κ1) is 14.9. The van der Waals surface area contributed by atoms with Crippen LogP contribution in [0.5, 0.6) is 0 Å². The molecule has 0 radical (unpaired) electrons. The minimum absolute atomic E-state index is 0.317. The molecule has 1 aliphatic carbocycles. The number of nitrogens with one attached hydrogen (secondary N) is 1. The molecule has 20 heavy (non-hydrogen) atoms. The molecule has 0 saturated heterocycles. The Labute approximate surface area is 146 Å². The van der Waals surface area contributed by atoms with Crippen LogP contribution in [-0.4, -0.2) is 4.98 Å². The number of anilines is 1. The van der Waals surface area contributed by atoms with Gasteiger partial charge in [-0.2, -0.15) is 0 Å². The molecule has 2 aromatic rings. The molecule has 0 spiro atoms. The van der Waals surface area contributed by atoms with Crippen LogP contribution in [0.3, 0.4) is 0 Å². The second kappa shape index (κ2) is 5.99. The van der Waals surface area contributed by atoms with Gasteiger partial charge in [-0.25, -0.2) is 4.98 Å². The number of thiophene rings is 1. The van der Waals surface area contributed by atoms with Crippen molar-refractivity contribution >= 4 is 62.8 Å². The quantitative estimate of drug-likeness (QED) is 0.469. The lowest BCUT2D eigenvalue weighted by Crippen LogP contribution is -2.16. The normalized spacial score (nSPS) is 17.9. The molecule has 2 nitrogen and oxygen atoms in total. The number of fused-ring (bicyclic) bond motifs is 1. The zero-order chi connectivity index (χ0) is 14.3. The molecule has 1 unspecified atom stereocenters. The minimum Gasteiger partial charge on any atom is -0.375 e. The van der Waals surface area contributed by atoms with Gasteiger partial charge in [0.25, 0.3) is 0 Å². The van der Waals surface area contributed by atoms with Crippen LogP contribution in [0.25, 0.3) is 0 Å². The van der Waals surface area contributed by atoms with Crippen molar-refractivity contribution in [1.29, 1.82) is 0 Å².